The van der Waals surface area contributed by atoms with Crippen molar-refractivity contribution in [1.82, 2.24) is 15.5 Å². The Bertz CT molecular complexity index is 661. The van der Waals surface area contributed by atoms with E-state index in [0.29, 0.717) is 12.0 Å². The number of benzene rings is 1. The van der Waals surface area contributed by atoms with Crippen molar-refractivity contribution in [2.75, 3.05) is 26.2 Å². The average Bonchev–Trinajstić information content (AvgIpc) is 3.33. The molecule has 0 radical (unpaired) electrons. The molecular formula is C22H33N3O2. The van der Waals surface area contributed by atoms with Gasteiger partial charge in [0.2, 0.25) is 5.91 Å². The van der Waals surface area contributed by atoms with Crippen molar-refractivity contribution >= 4 is 5.91 Å². The number of hydrogen-bond donors (Lipinski definition) is 2. The van der Waals surface area contributed by atoms with Gasteiger partial charge in [-0.3, -0.25) is 9.69 Å². The maximum absolute atomic E-state index is 12.7. The van der Waals surface area contributed by atoms with Crippen LogP contribution in [0.5, 0.6) is 0 Å². The van der Waals surface area contributed by atoms with Crippen molar-refractivity contribution in [2.45, 2.75) is 58.4 Å². The number of carbonyl (C=O) groups excluding carboxylic acids is 1. The van der Waals surface area contributed by atoms with Crippen LogP contribution in [0.25, 0.3) is 0 Å². The van der Waals surface area contributed by atoms with Crippen LogP contribution in [0, 0.1) is 11.3 Å². The number of nitrogens with one attached hydrogen (secondary N) is 2. The van der Waals surface area contributed by atoms with Gasteiger partial charge in [-0.25, -0.2) is 0 Å². The molecule has 2 heterocycles. The van der Waals surface area contributed by atoms with Crippen LogP contribution < -0.4 is 10.6 Å². The summed E-state index contributed by atoms with van der Waals surface area (Å²) in [6.45, 7) is 9.87. The van der Waals surface area contributed by atoms with Crippen LogP contribution in [0.4, 0.5) is 0 Å². The monoisotopic (exact) mass is 371 g/mol. The molecule has 27 heavy (non-hydrogen) atoms. The minimum absolute atomic E-state index is 0.229. The number of amides is 1. The van der Waals surface area contributed by atoms with Gasteiger partial charge in [-0.2, -0.15) is 0 Å². The fourth-order valence-corrected chi connectivity index (χ4v) is 5.04. The molecule has 0 aromatic heterocycles. The molecule has 0 unspecified atom stereocenters. The van der Waals surface area contributed by atoms with Crippen molar-refractivity contribution < 1.29 is 9.53 Å². The van der Waals surface area contributed by atoms with Crippen molar-refractivity contribution in [3.8, 4) is 0 Å². The van der Waals surface area contributed by atoms with Crippen LogP contribution in [-0.4, -0.2) is 49.2 Å². The van der Waals surface area contributed by atoms with E-state index < -0.39 is 0 Å². The molecule has 1 aromatic rings. The number of rotatable bonds is 5. The third-order valence-electron chi connectivity index (χ3n) is 6.57. The fourth-order valence-electron chi connectivity index (χ4n) is 5.04. The summed E-state index contributed by atoms with van der Waals surface area (Å²) >= 11 is 0. The van der Waals surface area contributed by atoms with Crippen LogP contribution in [0.3, 0.4) is 0 Å². The minimum Gasteiger partial charge on any atom is -0.373 e. The van der Waals surface area contributed by atoms with Gasteiger partial charge in [-0.15, -0.1) is 0 Å². The third-order valence-corrected chi connectivity index (χ3v) is 6.57. The first kappa shape index (κ1) is 18.9. The summed E-state index contributed by atoms with van der Waals surface area (Å²) < 4.78 is 5.85. The summed E-state index contributed by atoms with van der Waals surface area (Å²) in [5.41, 5.74) is 2.85. The Morgan fingerprint density at radius 1 is 1.19 bits per heavy atom. The summed E-state index contributed by atoms with van der Waals surface area (Å²) in [5.74, 6) is 0.480. The lowest BCUT2D eigenvalue weighted by Gasteiger charge is -2.35. The van der Waals surface area contributed by atoms with Crippen LogP contribution in [0.2, 0.25) is 0 Å². The standard InChI is InChI=1S/C22H33N3O2/c1-16-13-25(14-17(2)27-16)15-19-6-4-3-5-18(19)12-24-21(26)20-11-22(20)7-9-23-10-8-22/h3-6,16-17,20,23H,7-15H2,1-2H3,(H,24,26)/t16-,17-,20-/m1/s1. The largest absolute Gasteiger partial charge is 0.373 e. The van der Waals surface area contributed by atoms with Gasteiger partial charge < -0.3 is 15.4 Å². The van der Waals surface area contributed by atoms with Gasteiger partial charge >= 0.3 is 0 Å². The topological polar surface area (TPSA) is 53.6 Å². The number of nitrogens with zero attached hydrogens (tertiary/aromatic N) is 1. The van der Waals surface area contributed by atoms with Crippen LogP contribution in [0.15, 0.2) is 24.3 Å². The Morgan fingerprint density at radius 2 is 1.85 bits per heavy atom. The van der Waals surface area contributed by atoms with Gasteiger partial charge in [0.25, 0.3) is 0 Å². The molecule has 3 fully saturated rings. The summed E-state index contributed by atoms with van der Waals surface area (Å²) in [6, 6.07) is 8.51. The smallest absolute Gasteiger partial charge is 0.223 e. The van der Waals surface area contributed by atoms with E-state index in [4.69, 9.17) is 4.74 Å². The number of carbonyl (C=O) groups is 1. The van der Waals surface area contributed by atoms with Gasteiger partial charge in [0.15, 0.2) is 0 Å². The van der Waals surface area contributed by atoms with E-state index in [9.17, 15) is 4.79 Å². The molecule has 5 heteroatoms. The summed E-state index contributed by atoms with van der Waals surface area (Å²) in [5, 5.41) is 6.63. The normalized spacial score (nSPS) is 30.2. The van der Waals surface area contributed by atoms with Crippen LogP contribution in [-0.2, 0) is 22.6 Å². The van der Waals surface area contributed by atoms with Gasteiger partial charge in [0.1, 0.15) is 0 Å². The number of ether oxygens (including phenoxy) is 1. The van der Waals surface area contributed by atoms with E-state index in [1.165, 1.54) is 11.1 Å². The SMILES string of the molecule is C[C@@H]1CN(Cc2ccccc2CNC(=O)[C@H]2CC23CCNCC3)C[C@@H](C)O1. The zero-order chi connectivity index (χ0) is 18.9. The van der Waals surface area contributed by atoms with Crippen molar-refractivity contribution in [3.63, 3.8) is 0 Å². The molecule has 148 valence electrons. The molecule has 1 amide bonds. The van der Waals surface area contributed by atoms with Gasteiger partial charge in [-0.1, -0.05) is 24.3 Å². The molecule has 1 aliphatic carbocycles. The maximum Gasteiger partial charge on any atom is 0.223 e. The second-order valence-corrected chi connectivity index (χ2v) is 8.81. The molecule has 5 nitrogen and oxygen atoms in total. The third kappa shape index (κ3) is 4.36. The zero-order valence-electron chi connectivity index (χ0n) is 16.7. The number of piperidine rings is 1. The quantitative estimate of drug-likeness (QED) is 0.834. The summed E-state index contributed by atoms with van der Waals surface area (Å²) in [7, 11) is 0. The lowest BCUT2D eigenvalue weighted by Crippen LogP contribution is -2.45. The number of morpholine rings is 1. The van der Waals surface area contributed by atoms with Gasteiger partial charge in [0.05, 0.1) is 12.2 Å². The first-order valence-corrected chi connectivity index (χ1v) is 10.5. The molecule has 0 bridgehead atoms. The summed E-state index contributed by atoms with van der Waals surface area (Å²) in [6.07, 6.45) is 3.92. The lowest BCUT2D eigenvalue weighted by molar-refractivity contribution is -0.123. The van der Waals surface area contributed by atoms with Gasteiger partial charge in [-0.05, 0) is 62.7 Å². The van der Waals surface area contributed by atoms with E-state index in [0.717, 1.165) is 52.0 Å². The molecular weight excluding hydrogens is 338 g/mol. The minimum atomic E-state index is 0.229. The van der Waals surface area contributed by atoms with Crippen molar-refractivity contribution in [2.24, 2.45) is 11.3 Å². The molecule has 2 N–H and O–H groups in total. The van der Waals surface area contributed by atoms with Crippen molar-refractivity contribution in [3.05, 3.63) is 35.4 Å². The molecule has 3 atom stereocenters. The van der Waals surface area contributed by atoms with Crippen molar-refractivity contribution in [1.29, 1.82) is 0 Å². The first-order chi connectivity index (χ1) is 13.1. The second kappa shape index (κ2) is 7.90. The van der Waals surface area contributed by atoms with E-state index >= 15 is 0 Å². The fraction of sp³-hybridized carbons (Fsp3) is 0.682. The zero-order valence-corrected chi connectivity index (χ0v) is 16.7. The van der Waals surface area contributed by atoms with Gasteiger partial charge in [0, 0.05) is 32.1 Å². The van der Waals surface area contributed by atoms with E-state index in [1.54, 1.807) is 0 Å². The molecule has 1 aromatic carbocycles. The van der Waals surface area contributed by atoms with Crippen LogP contribution >= 0.6 is 0 Å². The van der Waals surface area contributed by atoms with E-state index in [-0.39, 0.29) is 24.0 Å². The lowest BCUT2D eigenvalue weighted by atomic mass is 9.92. The van der Waals surface area contributed by atoms with Crippen LogP contribution in [0.1, 0.15) is 44.2 Å². The Balaban J connectivity index is 1.34. The average molecular weight is 372 g/mol. The molecule has 1 spiro atoms. The predicted octanol–water partition coefficient (Wildman–Crippen LogP) is 2.30. The Hall–Kier alpha value is -1.43. The number of hydrogen-bond acceptors (Lipinski definition) is 4. The molecule has 3 aliphatic rings. The Morgan fingerprint density at radius 3 is 2.56 bits per heavy atom. The highest BCUT2D eigenvalue weighted by Gasteiger charge is 2.57. The van der Waals surface area contributed by atoms with E-state index in [1.807, 2.05) is 0 Å². The highest BCUT2D eigenvalue weighted by Crippen LogP contribution is 2.58. The summed E-state index contributed by atoms with van der Waals surface area (Å²) in [4.78, 5) is 15.1. The molecule has 1 saturated carbocycles. The Labute approximate surface area is 162 Å². The molecule has 2 saturated heterocycles. The molecule has 2 aliphatic heterocycles. The second-order valence-electron chi connectivity index (χ2n) is 8.81. The maximum atomic E-state index is 12.7. The highest BCUT2D eigenvalue weighted by molar-refractivity contribution is 5.82. The molecule has 4 rings (SSSR count). The highest BCUT2D eigenvalue weighted by atomic mass is 16.5. The Kier molecular flexibility index (Phi) is 5.53. The van der Waals surface area contributed by atoms with E-state index in [2.05, 4.69) is 53.6 Å². The first-order valence-electron chi connectivity index (χ1n) is 10.5. The predicted molar refractivity (Wildman–Crippen MR) is 106 cm³/mol.